The van der Waals surface area contributed by atoms with E-state index >= 15 is 0 Å². The fourth-order valence-electron chi connectivity index (χ4n) is 4.06. The lowest BCUT2D eigenvalue weighted by Gasteiger charge is -2.15. The molecular weight excluding hydrogens is 537 g/mol. The van der Waals surface area contributed by atoms with Crippen molar-refractivity contribution >= 4 is 51.6 Å². The van der Waals surface area contributed by atoms with Crippen molar-refractivity contribution in [3.8, 4) is 17.1 Å². The molecule has 0 radical (unpaired) electrons. The highest BCUT2D eigenvalue weighted by atomic mass is 32.2. The van der Waals surface area contributed by atoms with Gasteiger partial charge in [-0.2, -0.15) is 0 Å². The zero-order valence-corrected chi connectivity index (χ0v) is 23.2. The molecule has 0 saturated heterocycles. The highest BCUT2D eigenvalue weighted by molar-refractivity contribution is 7.99. The molecule has 2 aromatic heterocycles. The van der Waals surface area contributed by atoms with E-state index in [4.69, 9.17) is 21.9 Å². The summed E-state index contributed by atoms with van der Waals surface area (Å²) in [6.45, 7) is 2.41. The van der Waals surface area contributed by atoms with Crippen molar-refractivity contribution in [3.05, 3.63) is 104 Å². The van der Waals surface area contributed by atoms with Gasteiger partial charge in [0.2, 0.25) is 5.91 Å². The number of nitrogens with zero attached hydrogens (tertiary/aromatic N) is 3. The van der Waals surface area contributed by atoms with Crippen molar-refractivity contribution < 1.29 is 9.53 Å². The van der Waals surface area contributed by atoms with Gasteiger partial charge in [-0.15, -0.1) is 0 Å². The summed E-state index contributed by atoms with van der Waals surface area (Å²) in [7, 11) is 1.55. The van der Waals surface area contributed by atoms with E-state index in [0.29, 0.717) is 37.4 Å². The molecule has 0 unspecified atom stereocenters. The smallest absolute Gasteiger partial charge is 0.278 e. The van der Waals surface area contributed by atoms with E-state index in [9.17, 15) is 9.59 Å². The van der Waals surface area contributed by atoms with Gasteiger partial charge in [0.25, 0.3) is 5.56 Å². The number of carbonyl (C=O) groups excluding carboxylic acids is 1. The van der Waals surface area contributed by atoms with E-state index in [1.165, 1.54) is 27.7 Å². The number of para-hydroxylation sites is 3. The number of benzene rings is 3. The number of carbonyl (C=O) groups is 1. The molecule has 1 N–H and O–H groups in total. The molecule has 0 saturated carbocycles. The van der Waals surface area contributed by atoms with Crippen LogP contribution in [0, 0.1) is 10.9 Å². The Bertz CT molecular complexity index is 1740. The summed E-state index contributed by atoms with van der Waals surface area (Å²) in [5.74, 6) is 0.434. The van der Waals surface area contributed by atoms with Crippen LogP contribution in [0.5, 0.6) is 5.75 Å². The van der Waals surface area contributed by atoms with Crippen molar-refractivity contribution in [1.82, 2.24) is 19.4 Å². The number of amides is 1. The summed E-state index contributed by atoms with van der Waals surface area (Å²) < 4.78 is 9.84. The van der Waals surface area contributed by atoms with Crippen LogP contribution in [0.3, 0.4) is 0 Å². The lowest BCUT2D eigenvalue weighted by Crippen LogP contribution is -2.26. The molecule has 2 heterocycles. The number of hydrogen-bond donors (Lipinski definition) is 1. The second-order valence-corrected chi connectivity index (χ2v) is 11.0. The van der Waals surface area contributed by atoms with Crippen LogP contribution >= 0.6 is 35.3 Å². The third-order valence-corrected chi connectivity index (χ3v) is 8.21. The van der Waals surface area contributed by atoms with Gasteiger partial charge >= 0.3 is 0 Å². The number of aromatic nitrogens is 3. The number of methoxy groups -OCH3 is 1. The molecule has 0 fully saturated rings. The van der Waals surface area contributed by atoms with Gasteiger partial charge in [0.15, 0.2) is 14.8 Å². The minimum absolute atomic E-state index is 0.0785. The van der Waals surface area contributed by atoms with Crippen LogP contribution in [0.2, 0.25) is 0 Å². The van der Waals surface area contributed by atoms with Crippen molar-refractivity contribution in [3.63, 3.8) is 0 Å². The van der Waals surface area contributed by atoms with Crippen LogP contribution in [0.4, 0.5) is 0 Å². The third-order valence-electron chi connectivity index (χ3n) is 5.92. The van der Waals surface area contributed by atoms with Gasteiger partial charge in [-0.3, -0.25) is 18.7 Å². The largest absolute Gasteiger partial charge is 0.495 e. The molecule has 0 aliphatic heterocycles. The fraction of sp³-hybridized carbons (Fsp3) is 0.143. The third kappa shape index (κ3) is 5.15. The fourth-order valence-corrected chi connectivity index (χ4v) is 6.18. The van der Waals surface area contributed by atoms with Crippen molar-refractivity contribution in [2.24, 2.45) is 0 Å². The Morgan fingerprint density at radius 1 is 1.00 bits per heavy atom. The van der Waals surface area contributed by atoms with Gasteiger partial charge in [0.05, 0.1) is 24.2 Å². The molecule has 38 heavy (non-hydrogen) atoms. The first kappa shape index (κ1) is 25.9. The standard InChI is InChI=1S/C28H24N4O3S3/c1-18-10-6-7-13-20(18)31-25-24(38-28(31)36)26(34)32(21-14-8-9-15-22(21)35-2)27(30-25)37-17-23(33)29-16-19-11-4-3-5-12-19/h3-15H,16-17H2,1-2H3,(H,29,33). The summed E-state index contributed by atoms with van der Waals surface area (Å²) >= 11 is 8.11. The highest BCUT2D eigenvalue weighted by Crippen LogP contribution is 2.30. The molecule has 5 aromatic rings. The Morgan fingerprint density at radius 2 is 1.68 bits per heavy atom. The Hall–Kier alpha value is -3.73. The molecule has 7 nitrogen and oxygen atoms in total. The predicted molar refractivity (Wildman–Crippen MR) is 156 cm³/mol. The number of aryl methyl sites for hydroxylation is 1. The van der Waals surface area contributed by atoms with Crippen LogP contribution in [0.15, 0.2) is 88.8 Å². The van der Waals surface area contributed by atoms with Gasteiger partial charge in [0, 0.05) is 6.54 Å². The van der Waals surface area contributed by atoms with E-state index in [0.717, 1.165) is 16.8 Å². The molecule has 0 aliphatic rings. The zero-order valence-electron chi connectivity index (χ0n) is 20.7. The van der Waals surface area contributed by atoms with E-state index in [2.05, 4.69) is 5.32 Å². The molecule has 10 heteroatoms. The number of hydrogen-bond acceptors (Lipinski definition) is 7. The van der Waals surface area contributed by atoms with Crippen LogP contribution in [0.1, 0.15) is 11.1 Å². The summed E-state index contributed by atoms with van der Waals surface area (Å²) in [5.41, 5.74) is 3.62. The van der Waals surface area contributed by atoms with Crippen LogP contribution < -0.4 is 15.6 Å². The Balaban J connectivity index is 1.60. The van der Waals surface area contributed by atoms with Crippen LogP contribution in [-0.2, 0) is 11.3 Å². The second-order valence-electron chi connectivity index (χ2n) is 8.40. The molecule has 3 aromatic carbocycles. The maximum atomic E-state index is 14.0. The molecule has 0 aliphatic carbocycles. The number of fused-ring (bicyclic) bond motifs is 1. The Kier molecular flexibility index (Phi) is 7.73. The summed E-state index contributed by atoms with van der Waals surface area (Å²) in [6.07, 6.45) is 0. The number of ether oxygens (including phenoxy) is 1. The zero-order chi connectivity index (χ0) is 26.6. The van der Waals surface area contributed by atoms with E-state index in [1.54, 1.807) is 19.2 Å². The second kappa shape index (κ2) is 11.3. The average molecular weight is 561 g/mol. The molecular formula is C28H24N4O3S3. The van der Waals surface area contributed by atoms with E-state index in [-0.39, 0.29) is 17.2 Å². The van der Waals surface area contributed by atoms with Gasteiger partial charge in [-0.25, -0.2) is 4.98 Å². The predicted octanol–water partition coefficient (Wildman–Crippen LogP) is 5.69. The average Bonchev–Trinajstić information content (AvgIpc) is 3.27. The topological polar surface area (TPSA) is 78.2 Å². The summed E-state index contributed by atoms with van der Waals surface area (Å²) in [5, 5.41) is 3.30. The van der Waals surface area contributed by atoms with Gasteiger partial charge in [-0.1, -0.05) is 83.8 Å². The minimum Gasteiger partial charge on any atom is -0.495 e. The van der Waals surface area contributed by atoms with Crippen LogP contribution in [0.25, 0.3) is 21.7 Å². The van der Waals surface area contributed by atoms with Gasteiger partial charge in [-0.05, 0) is 48.5 Å². The molecule has 0 spiro atoms. The summed E-state index contributed by atoms with van der Waals surface area (Å²) in [4.78, 5) is 31.6. The normalized spacial score (nSPS) is 11.0. The van der Waals surface area contributed by atoms with Crippen molar-refractivity contribution in [2.75, 3.05) is 12.9 Å². The van der Waals surface area contributed by atoms with Gasteiger partial charge < -0.3 is 10.1 Å². The van der Waals surface area contributed by atoms with Crippen LogP contribution in [-0.4, -0.2) is 32.9 Å². The number of rotatable bonds is 8. The molecule has 0 bridgehead atoms. The summed E-state index contributed by atoms with van der Waals surface area (Å²) in [6, 6.07) is 24.8. The quantitative estimate of drug-likeness (QED) is 0.149. The Morgan fingerprint density at radius 3 is 2.42 bits per heavy atom. The van der Waals surface area contributed by atoms with Gasteiger partial charge in [0.1, 0.15) is 10.4 Å². The number of thiazole rings is 1. The highest BCUT2D eigenvalue weighted by Gasteiger charge is 2.21. The van der Waals surface area contributed by atoms with E-state index in [1.807, 2.05) is 78.2 Å². The van der Waals surface area contributed by atoms with E-state index < -0.39 is 0 Å². The number of nitrogens with one attached hydrogen (secondary N) is 1. The SMILES string of the molecule is COc1ccccc1-n1c(SCC(=O)NCc2ccccc2)nc2c(sc(=S)n2-c2ccccc2C)c1=O. The molecule has 192 valence electrons. The van der Waals surface area contributed by atoms with Crippen molar-refractivity contribution in [2.45, 2.75) is 18.6 Å². The first-order valence-corrected chi connectivity index (χ1v) is 14.0. The molecule has 5 rings (SSSR count). The number of thioether (sulfide) groups is 1. The first-order valence-electron chi connectivity index (χ1n) is 11.8. The minimum atomic E-state index is -0.268. The lowest BCUT2D eigenvalue weighted by atomic mass is 10.2. The Labute approximate surface area is 232 Å². The van der Waals surface area contributed by atoms with Crippen molar-refractivity contribution in [1.29, 1.82) is 0 Å². The monoisotopic (exact) mass is 560 g/mol. The maximum absolute atomic E-state index is 14.0. The lowest BCUT2D eigenvalue weighted by molar-refractivity contribution is -0.118. The first-order chi connectivity index (χ1) is 18.5. The maximum Gasteiger partial charge on any atom is 0.278 e. The molecule has 1 amide bonds. The molecule has 0 atom stereocenters.